The van der Waals surface area contributed by atoms with Crippen LogP contribution < -0.4 is 0 Å². The van der Waals surface area contributed by atoms with Crippen LogP contribution in [0.2, 0.25) is 0 Å². The molecule has 0 radical (unpaired) electrons. The van der Waals surface area contributed by atoms with Gasteiger partial charge in [-0.3, -0.25) is 14.8 Å². The molecule has 0 saturated carbocycles. The molecule has 0 N–H and O–H groups in total. The Morgan fingerprint density at radius 1 is 0.952 bits per heavy atom. The first-order valence-electron chi connectivity index (χ1n) is 6.69. The van der Waals surface area contributed by atoms with E-state index < -0.39 is 0 Å². The van der Waals surface area contributed by atoms with E-state index >= 15 is 0 Å². The second-order valence-corrected chi connectivity index (χ2v) is 4.98. The SMILES string of the molecule is CN(C)C(=O)c1cccnc1-c1cccc2cccnc12. The van der Waals surface area contributed by atoms with E-state index in [1.807, 2.05) is 30.3 Å². The second kappa shape index (κ2) is 5.32. The molecule has 21 heavy (non-hydrogen) atoms. The molecule has 3 rings (SSSR count). The molecule has 2 aromatic heterocycles. The first-order valence-corrected chi connectivity index (χ1v) is 6.69. The van der Waals surface area contributed by atoms with Gasteiger partial charge in [-0.25, -0.2) is 0 Å². The first-order chi connectivity index (χ1) is 10.2. The van der Waals surface area contributed by atoms with Crippen molar-refractivity contribution >= 4 is 16.8 Å². The summed E-state index contributed by atoms with van der Waals surface area (Å²) in [5.41, 5.74) is 2.98. The Hall–Kier alpha value is -2.75. The third kappa shape index (κ3) is 2.36. The van der Waals surface area contributed by atoms with Crippen LogP contribution in [0.3, 0.4) is 0 Å². The Morgan fingerprint density at radius 3 is 2.48 bits per heavy atom. The maximum Gasteiger partial charge on any atom is 0.255 e. The third-order valence-electron chi connectivity index (χ3n) is 3.33. The average Bonchev–Trinajstić information content (AvgIpc) is 2.53. The number of carbonyl (C=O) groups excluding carboxylic acids is 1. The summed E-state index contributed by atoms with van der Waals surface area (Å²) in [6, 6.07) is 13.4. The predicted molar refractivity (Wildman–Crippen MR) is 83.0 cm³/mol. The molecule has 1 amide bonds. The fourth-order valence-corrected chi connectivity index (χ4v) is 2.33. The highest BCUT2D eigenvalue weighted by Gasteiger charge is 2.17. The number of amides is 1. The molecule has 3 aromatic rings. The predicted octanol–water partition coefficient (Wildman–Crippen LogP) is 3.00. The molecule has 0 aliphatic heterocycles. The molecule has 0 saturated heterocycles. The number of benzene rings is 1. The quantitative estimate of drug-likeness (QED) is 0.723. The molecule has 0 bridgehead atoms. The number of carbonyl (C=O) groups is 1. The average molecular weight is 277 g/mol. The van der Waals surface area contributed by atoms with Crippen LogP contribution in [0.15, 0.2) is 54.9 Å². The normalized spacial score (nSPS) is 10.6. The van der Waals surface area contributed by atoms with E-state index in [4.69, 9.17) is 0 Å². The Bertz CT molecular complexity index is 806. The maximum absolute atomic E-state index is 12.3. The number of aromatic nitrogens is 2. The van der Waals surface area contributed by atoms with Crippen molar-refractivity contribution < 1.29 is 4.79 Å². The van der Waals surface area contributed by atoms with E-state index in [9.17, 15) is 4.79 Å². The van der Waals surface area contributed by atoms with Gasteiger partial charge < -0.3 is 4.90 Å². The number of pyridine rings is 2. The van der Waals surface area contributed by atoms with Crippen LogP contribution in [0.1, 0.15) is 10.4 Å². The number of hydrogen-bond acceptors (Lipinski definition) is 3. The standard InChI is InChI=1S/C17H15N3O/c1-20(2)17(21)14-9-5-11-19-16(14)13-8-3-6-12-7-4-10-18-15(12)13/h3-11H,1-2H3. The summed E-state index contributed by atoms with van der Waals surface area (Å²) < 4.78 is 0. The lowest BCUT2D eigenvalue weighted by Crippen LogP contribution is -2.22. The monoisotopic (exact) mass is 277 g/mol. The minimum atomic E-state index is -0.0639. The van der Waals surface area contributed by atoms with Crippen LogP contribution in [0, 0.1) is 0 Å². The first kappa shape index (κ1) is 13.2. The molecule has 4 nitrogen and oxygen atoms in total. The number of fused-ring (bicyclic) bond motifs is 1. The zero-order chi connectivity index (χ0) is 14.8. The van der Waals surface area contributed by atoms with Gasteiger partial charge in [-0.1, -0.05) is 24.3 Å². The lowest BCUT2D eigenvalue weighted by atomic mass is 10.0. The summed E-state index contributed by atoms with van der Waals surface area (Å²) in [6.45, 7) is 0. The topological polar surface area (TPSA) is 46.1 Å². The van der Waals surface area contributed by atoms with Gasteiger partial charge in [-0.15, -0.1) is 0 Å². The third-order valence-corrected chi connectivity index (χ3v) is 3.33. The fraction of sp³-hybridized carbons (Fsp3) is 0.118. The van der Waals surface area contributed by atoms with Gasteiger partial charge in [-0.2, -0.15) is 0 Å². The number of para-hydroxylation sites is 1. The minimum Gasteiger partial charge on any atom is -0.345 e. The van der Waals surface area contributed by atoms with Crippen molar-refractivity contribution in [3.63, 3.8) is 0 Å². The fourth-order valence-electron chi connectivity index (χ4n) is 2.33. The molecular formula is C17H15N3O. The van der Waals surface area contributed by atoms with E-state index in [1.165, 1.54) is 0 Å². The highest BCUT2D eigenvalue weighted by molar-refractivity contribution is 6.03. The van der Waals surface area contributed by atoms with Crippen molar-refractivity contribution in [3.05, 3.63) is 60.4 Å². The van der Waals surface area contributed by atoms with Gasteiger partial charge in [0.05, 0.1) is 16.8 Å². The molecule has 2 heterocycles. The summed E-state index contributed by atoms with van der Waals surface area (Å²) >= 11 is 0. The number of nitrogens with zero attached hydrogens (tertiary/aromatic N) is 3. The van der Waals surface area contributed by atoms with Crippen LogP contribution in [-0.2, 0) is 0 Å². The summed E-state index contributed by atoms with van der Waals surface area (Å²) in [4.78, 5) is 22.7. The summed E-state index contributed by atoms with van der Waals surface area (Å²) in [7, 11) is 3.47. The molecule has 0 spiro atoms. The van der Waals surface area contributed by atoms with Gasteiger partial charge in [0.2, 0.25) is 0 Å². The highest BCUT2D eigenvalue weighted by atomic mass is 16.2. The van der Waals surface area contributed by atoms with Gasteiger partial charge in [0.1, 0.15) is 0 Å². The molecule has 0 aliphatic carbocycles. The van der Waals surface area contributed by atoms with Crippen LogP contribution in [0.4, 0.5) is 0 Å². The maximum atomic E-state index is 12.3. The minimum absolute atomic E-state index is 0.0639. The molecule has 0 unspecified atom stereocenters. The van der Waals surface area contributed by atoms with Crippen molar-refractivity contribution in [2.75, 3.05) is 14.1 Å². The van der Waals surface area contributed by atoms with Crippen molar-refractivity contribution in [1.29, 1.82) is 0 Å². The van der Waals surface area contributed by atoms with E-state index in [-0.39, 0.29) is 5.91 Å². The van der Waals surface area contributed by atoms with E-state index in [2.05, 4.69) is 9.97 Å². The van der Waals surface area contributed by atoms with Gasteiger partial charge in [0.15, 0.2) is 0 Å². The Labute approximate surface area is 123 Å². The number of rotatable bonds is 2. The Balaban J connectivity index is 2.27. The highest BCUT2D eigenvalue weighted by Crippen LogP contribution is 2.28. The van der Waals surface area contributed by atoms with E-state index in [1.54, 1.807) is 43.5 Å². The second-order valence-electron chi connectivity index (χ2n) is 4.98. The summed E-state index contributed by atoms with van der Waals surface area (Å²) in [6.07, 6.45) is 3.45. The van der Waals surface area contributed by atoms with Crippen LogP contribution in [0.5, 0.6) is 0 Å². The number of hydrogen-bond donors (Lipinski definition) is 0. The van der Waals surface area contributed by atoms with Gasteiger partial charge in [0, 0.05) is 37.4 Å². The van der Waals surface area contributed by atoms with Gasteiger partial charge in [0.25, 0.3) is 5.91 Å². The molecule has 1 aromatic carbocycles. The van der Waals surface area contributed by atoms with Crippen LogP contribution in [0.25, 0.3) is 22.2 Å². The van der Waals surface area contributed by atoms with Crippen LogP contribution in [-0.4, -0.2) is 34.9 Å². The molecule has 0 fully saturated rings. The largest absolute Gasteiger partial charge is 0.345 e. The van der Waals surface area contributed by atoms with Crippen molar-refractivity contribution in [2.24, 2.45) is 0 Å². The smallest absolute Gasteiger partial charge is 0.255 e. The Morgan fingerprint density at radius 2 is 1.67 bits per heavy atom. The van der Waals surface area contributed by atoms with E-state index in [0.29, 0.717) is 11.3 Å². The molecular weight excluding hydrogens is 262 g/mol. The molecule has 0 aliphatic rings. The molecule has 104 valence electrons. The lowest BCUT2D eigenvalue weighted by molar-refractivity contribution is 0.0828. The van der Waals surface area contributed by atoms with Crippen molar-refractivity contribution in [1.82, 2.24) is 14.9 Å². The van der Waals surface area contributed by atoms with Gasteiger partial charge >= 0.3 is 0 Å². The van der Waals surface area contributed by atoms with Crippen molar-refractivity contribution in [3.8, 4) is 11.3 Å². The van der Waals surface area contributed by atoms with Gasteiger partial charge in [-0.05, 0) is 18.2 Å². The zero-order valence-corrected chi connectivity index (χ0v) is 11.9. The zero-order valence-electron chi connectivity index (χ0n) is 11.9. The summed E-state index contributed by atoms with van der Waals surface area (Å²) in [5, 5.41) is 1.03. The summed E-state index contributed by atoms with van der Waals surface area (Å²) in [5.74, 6) is -0.0639. The molecule has 0 atom stereocenters. The van der Waals surface area contributed by atoms with E-state index in [0.717, 1.165) is 16.5 Å². The molecule has 4 heteroatoms. The Kier molecular flexibility index (Phi) is 3.36. The van der Waals surface area contributed by atoms with Crippen molar-refractivity contribution in [2.45, 2.75) is 0 Å². The van der Waals surface area contributed by atoms with Crippen LogP contribution >= 0.6 is 0 Å². The lowest BCUT2D eigenvalue weighted by Gasteiger charge is -2.14.